The molecule has 106 valence electrons. The van der Waals surface area contributed by atoms with Crippen LogP contribution >= 0.6 is 0 Å². The van der Waals surface area contributed by atoms with E-state index in [1.165, 1.54) is 0 Å². The van der Waals surface area contributed by atoms with E-state index in [9.17, 15) is 4.79 Å². The Kier molecular flexibility index (Phi) is 3.80. The summed E-state index contributed by atoms with van der Waals surface area (Å²) in [6, 6.07) is 0.262. The molecule has 6 heteroatoms. The molecule has 2 rings (SSSR count). The lowest BCUT2D eigenvalue weighted by Gasteiger charge is -2.39. The van der Waals surface area contributed by atoms with Gasteiger partial charge in [0.2, 0.25) is 0 Å². The molecular formula is C13H22N4O2. The second-order valence-corrected chi connectivity index (χ2v) is 5.90. The molecule has 2 heterocycles. The van der Waals surface area contributed by atoms with Crippen LogP contribution < -0.4 is 5.32 Å². The zero-order chi connectivity index (χ0) is 14.0. The standard InChI is InChI=1S/C13H22N4O2/c1-13(2,3)19-12(18)16-8-11(9-16)17-7-10(5-14-4)6-15-17/h6-7,11,14H,5,8-9H2,1-4H3. The molecule has 0 saturated carbocycles. The van der Waals surface area contributed by atoms with Gasteiger partial charge in [0.25, 0.3) is 0 Å². The molecule has 0 aromatic carbocycles. The molecule has 1 fully saturated rings. The molecule has 1 aliphatic rings. The molecule has 1 aromatic heterocycles. The second kappa shape index (κ2) is 5.21. The van der Waals surface area contributed by atoms with Gasteiger partial charge in [-0.3, -0.25) is 4.68 Å². The maximum Gasteiger partial charge on any atom is 0.410 e. The smallest absolute Gasteiger partial charge is 0.410 e. The van der Waals surface area contributed by atoms with Crippen LogP contribution in [-0.4, -0.2) is 46.5 Å². The lowest BCUT2D eigenvalue weighted by atomic mass is 10.1. The van der Waals surface area contributed by atoms with Crippen LogP contribution in [0, 0.1) is 0 Å². The van der Waals surface area contributed by atoms with Crippen molar-refractivity contribution in [3.8, 4) is 0 Å². The molecule has 1 amide bonds. The number of carbonyl (C=O) groups is 1. The van der Waals surface area contributed by atoms with Crippen LogP contribution in [0.4, 0.5) is 4.79 Å². The highest BCUT2D eigenvalue weighted by Gasteiger charge is 2.35. The molecule has 0 unspecified atom stereocenters. The Bertz CT molecular complexity index is 444. The lowest BCUT2D eigenvalue weighted by Crippen LogP contribution is -2.52. The fourth-order valence-electron chi connectivity index (χ4n) is 1.97. The number of nitrogens with one attached hydrogen (secondary N) is 1. The summed E-state index contributed by atoms with van der Waals surface area (Å²) in [6.45, 7) is 7.76. The molecule has 1 N–H and O–H groups in total. The molecule has 0 spiro atoms. The van der Waals surface area contributed by atoms with Crippen molar-refractivity contribution < 1.29 is 9.53 Å². The van der Waals surface area contributed by atoms with Crippen LogP contribution in [0.25, 0.3) is 0 Å². The fraction of sp³-hybridized carbons (Fsp3) is 0.692. The molecule has 19 heavy (non-hydrogen) atoms. The molecule has 6 nitrogen and oxygen atoms in total. The predicted molar refractivity (Wildman–Crippen MR) is 71.8 cm³/mol. The second-order valence-electron chi connectivity index (χ2n) is 5.90. The number of amides is 1. The summed E-state index contributed by atoms with van der Waals surface area (Å²) >= 11 is 0. The Labute approximate surface area is 113 Å². The lowest BCUT2D eigenvalue weighted by molar-refractivity contribution is -0.000394. The Morgan fingerprint density at radius 1 is 1.53 bits per heavy atom. The number of ether oxygens (including phenoxy) is 1. The van der Waals surface area contributed by atoms with Crippen LogP contribution in [-0.2, 0) is 11.3 Å². The Morgan fingerprint density at radius 3 is 2.79 bits per heavy atom. The number of carbonyl (C=O) groups excluding carboxylic acids is 1. The summed E-state index contributed by atoms with van der Waals surface area (Å²) in [4.78, 5) is 13.5. The van der Waals surface area contributed by atoms with Crippen molar-refractivity contribution in [2.24, 2.45) is 0 Å². The van der Waals surface area contributed by atoms with Crippen molar-refractivity contribution in [3.05, 3.63) is 18.0 Å². The highest BCUT2D eigenvalue weighted by atomic mass is 16.6. The van der Waals surface area contributed by atoms with Gasteiger partial charge in [0.1, 0.15) is 5.60 Å². The van der Waals surface area contributed by atoms with E-state index < -0.39 is 5.60 Å². The van der Waals surface area contributed by atoms with Crippen molar-refractivity contribution in [1.82, 2.24) is 20.0 Å². The monoisotopic (exact) mass is 266 g/mol. The first-order valence-corrected chi connectivity index (χ1v) is 6.54. The van der Waals surface area contributed by atoms with Gasteiger partial charge in [-0.05, 0) is 27.8 Å². The van der Waals surface area contributed by atoms with E-state index >= 15 is 0 Å². The van der Waals surface area contributed by atoms with E-state index in [1.807, 2.05) is 44.9 Å². The van der Waals surface area contributed by atoms with Gasteiger partial charge in [-0.15, -0.1) is 0 Å². The number of nitrogens with zero attached hydrogens (tertiary/aromatic N) is 3. The van der Waals surface area contributed by atoms with Gasteiger partial charge in [0, 0.05) is 31.4 Å². The summed E-state index contributed by atoms with van der Waals surface area (Å²) in [5, 5.41) is 7.41. The Balaban J connectivity index is 1.83. The van der Waals surface area contributed by atoms with Crippen molar-refractivity contribution in [3.63, 3.8) is 0 Å². The van der Waals surface area contributed by atoms with Crippen molar-refractivity contribution in [2.75, 3.05) is 20.1 Å². The minimum Gasteiger partial charge on any atom is -0.444 e. The van der Waals surface area contributed by atoms with Crippen LogP contribution in [0.3, 0.4) is 0 Å². The Morgan fingerprint density at radius 2 is 2.21 bits per heavy atom. The summed E-state index contributed by atoms with van der Waals surface area (Å²) in [7, 11) is 1.91. The maximum absolute atomic E-state index is 11.8. The largest absolute Gasteiger partial charge is 0.444 e. The first-order valence-electron chi connectivity index (χ1n) is 6.54. The zero-order valence-electron chi connectivity index (χ0n) is 12.0. The number of likely N-dealkylation sites (tertiary alicyclic amines) is 1. The number of aromatic nitrogens is 2. The van der Waals surface area contributed by atoms with Gasteiger partial charge >= 0.3 is 6.09 Å². The predicted octanol–water partition coefficient (Wildman–Crippen LogP) is 1.39. The third-order valence-electron chi connectivity index (χ3n) is 2.92. The van der Waals surface area contributed by atoms with Crippen molar-refractivity contribution >= 4 is 6.09 Å². The van der Waals surface area contributed by atoms with Crippen LogP contribution in [0.15, 0.2) is 12.4 Å². The fourth-order valence-corrected chi connectivity index (χ4v) is 1.97. The van der Waals surface area contributed by atoms with Gasteiger partial charge in [0.05, 0.1) is 12.2 Å². The average Bonchev–Trinajstić information content (AvgIpc) is 2.61. The summed E-state index contributed by atoms with van der Waals surface area (Å²) < 4.78 is 7.24. The summed E-state index contributed by atoms with van der Waals surface area (Å²) in [5.74, 6) is 0. The van der Waals surface area contributed by atoms with Crippen LogP contribution in [0.5, 0.6) is 0 Å². The summed E-state index contributed by atoms with van der Waals surface area (Å²) in [6.07, 6.45) is 3.63. The van der Waals surface area contributed by atoms with Gasteiger partial charge in [-0.1, -0.05) is 0 Å². The molecule has 0 atom stereocenters. The highest BCUT2D eigenvalue weighted by molar-refractivity contribution is 5.69. The quantitative estimate of drug-likeness (QED) is 0.898. The Hall–Kier alpha value is -1.56. The van der Waals surface area contributed by atoms with Gasteiger partial charge in [-0.25, -0.2) is 4.79 Å². The third kappa shape index (κ3) is 3.47. The molecule has 0 aliphatic carbocycles. The van der Waals surface area contributed by atoms with E-state index in [2.05, 4.69) is 10.4 Å². The van der Waals surface area contributed by atoms with Gasteiger partial charge in [-0.2, -0.15) is 5.10 Å². The molecule has 1 aliphatic heterocycles. The summed E-state index contributed by atoms with van der Waals surface area (Å²) in [5.41, 5.74) is 0.714. The maximum atomic E-state index is 11.8. The zero-order valence-corrected chi connectivity index (χ0v) is 12.0. The van der Waals surface area contributed by atoms with E-state index in [0.717, 1.165) is 12.1 Å². The average molecular weight is 266 g/mol. The molecular weight excluding hydrogens is 244 g/mol. The number of rotatable bonds is 3. The topological polar surface area (TPSA) is 59.4 Å². The first-order chi connectivity index (χ1) is 8.89. The normalized spacial score (nSPS) is 16.3. The van der Waals surface area contributed by atoms with Gasteiger partial charge < -0.3 is 15.0 Å². The number of hydrogen-bond acceptors (Lipinski definition) is 4. The van der Waals surface area contributed by atoms with Gasteiger partial charge in [0.15, 0.2) is 0 Å². The SMILES string of the molecule is CNCc1cnn(C2CN(C(=O)OC(C)(C)C)C2)c1. The van der Waals surface area contributed by atoms with E-state index in [-0.39, 0.29) is 12.1 Å². The first kappa shape index (κ1) is 13.9. The van der Waals surface area contributed by atoms with Crippen LogP contribution in [0.1, 0.15) is 32.4 Å². The number of hydrogen-bond donors (Lipinski definition) is 1. The molecule has 0 radical (unpaired) electrons. The van der Waals surface area contributed by atoms with Crippen LogP contribution in [0.2, 0.25) is 0 Å². The van der Waals surface area contributed by atoms with E-state index in [4.69, 9.17) is 4.74 Å². The highest BCUT2D eigenvalue weighted by Crippen LogP contribution is 2.23. The molecule has 0 bridgehead atoms. The third-order valence-corrected chi connectivity index (χ3v) is 2.92. The van der Waals surface area contributed by atoms with Crippen molar-refractivity contribution in [1.29, 1.82) is 0 Å². The van der Waals surface area contributed by atoms with E-state index in [0.29, 0.717) is 13.1 Å². The minimum absolute atomic E-state index is 0.244. The van der Waals surface area contributed by atoms with Crippen molar-refractivity contribution in [2.45, 2.75) is 39.0 Å². The van der Waals surface area contributed by atoms with E-state index in [1.54, 1.807) is 4.90 Å². The molecule has 1 aromatic rings. The molecule has 1 saturated heterocycles. The minimum atomic E-state index is -0.437.